The Balaban J connectivity index is 2.02. The molecule has 1 aliphatic heterocycles. The maximum absolute atomic E-state index is 11.8. The summed E-state index contributed by atoms with van der Waals surface area (Å²) in [6, 6.07) is 4.38. The number of fused-ring (bicyclic) bond motifs is 1. The van der Waals surface area contributed by atoms with Crippen LogP contribution in [0.2, 0.25) is 0 Å². The number of methoxy groups -OCH3 is 1. The van der Waals surface area contributed by atoms with Crippen molar-refractivity contribution in [3.63, 3.8) is 0 Å². The quantitative estimate of drug-likeness (QED) is 0.409. The van der Waals surface area contributed by atoms with Crippen LogP contribution in [0.3, 0.4) is 0 Å². The Morgan fingerprint density at radius 1 is 1.15 bits per heavy atom. The first-order valence-corrected chi connectivity index (χ1v) is 7.68. The molecular weight excluding hydrogens is 352 g/mol. The minimum absolute atomic E-state index is 0.0479. The van der Waals surface area contributed by atoms with Gasteiger partial charge < -0.3 is 44.2 Å². The van der Waals surface area contributed by atoms with Gasteiger partial charge in [-0.1, -0.05) is 0 Å². The number of rotatable bonds is 4. The lowest BCUT2D eigenvalue weighted by Gasteiger charge is -2.39. The molecule has 0 unspecified atom stereocenters. The van der Waals surface area contributed by atoms with E-state index in [-0.39, 0.29) is 16.7 Å². The third kappa shape index (κ3) is 3.08. The highest BCUT2D eigenvalue weighted by Gasteiger charge is 2.45. The van der Waals surface area contributed by atoms with Crippen LogP contribution in [0, 0.1) is 0 Å². The van der Waals surface area contributed by atoms with Crippen LogP contribution in [-0.4, -0.2) is 70.0 Å². The fourth-order valence-corrected chi connectivity index (χ4v) is 2.67. The molecule has 0 spiro atoms. The number of aliphatic hydroxyl groups is 4. The molecule has 1 fully saturated rings. The van der Waals surface area contributed by atoms with Crippen LogP contribution in [0.5, 0.6) is 17.2 Å². The van der Waals surface area contributed by atoms with Gasteiger partial charge in [0, 0.05) is 6.07 Å². The van der Waals surface area contributed by atoms with Gasteiger partial charge in [0.2, 0.25) is 12.0 Å². The highest BCUT2D eigenvalue weighted by molar-refractivity contribution is 5.86. The first kappa shape index (κ1) is 18.4. The van der Waals surface area contributed by atoms with Crippen molar-refractivity contribution in [3.8, 4) is 17.2 Å². The summed E-state index contributed by atoms with van der Waals surface area (Å²) < 4.78 is 20.6. The summed E-state index contributed by atoms with van der Waals surface area (Å²) in [7, 11) is 1.42. The van der Waals surface area contributed by atoms with Gasteiger partial charge in [0.05, 0.1) is 19.1 Å². The molecule has 3 rings (SSSR count). The summed E-state index contributed by atoms with van der Waals surface area (Å²) in [6.45, 7) is -0.647. The van der Waals surface area contributed by atoms with Gasteiger partial charge >= 0.3 is 5.63 Å². The van der Waals surface area contributed by atoms with Gasteiger partial charge in [-0.05, 0) is 12.1 Å². The Labute approximate surface area is 146 Å². The fourth-order valence-electron chi connectivity index (χ4n) is 2.67. The molecule has 10 heteroatoms. The Bertz CT molecular complexity index is 845. The highest BCUT2D eigenvalue weighted by atomic mass is 16.7. The average molecular weight is 370 g/mol. The largest absolute Gasteiger partial charge is 0.499 e. The van der Waals surface area contributed by atoms with Crippen molar-refractivity contribution in [1.29, 1.82) is 0 Å². The monoisotopic (exact) mass is 370 g/mol. The number of hydrogen-bond donors (Lipinski definition) is 5. The van der Waals surface area contributed by atoms with Crippen molar-refractivity contribution in [2.24, 2.45) is 0 Å². The summed E-state index contributed by atoms with van der Waals surface area (Å²) in [6.07, 6.45) is -7.70. The molecule has 1 aliphatic rings. The second-order valence-corrected chi connectivity index (χ2v) is 5.74. The molecule has 10 nitrogen and oxygen atoms in total. The van der Waals surface area contributed by atoms with E-state index in [1.165, 1.54) is 25.3 Å². The molecule has 2 heterocycles. The maximum Gasteiger partial charge on any atom is 0.382 e. The molecule has 0 aliphatic carbocycles. The van der Waals surface area contributed by atoms with Crippen molar-refractivity contribution in [3.05, 3.63) is 28.6 Å². The summed E-state index contributed by atoms with van der Waals surface area (Å²) >= 11 is 0. The van der Waals surface area contributed by atoms with Gasteiger partial charge in [0.25, 0.3) is 0 Å². The normalized spacial score (nSPS) is 28.9. The summed E-state index contributed by atoms with van der Waals surface area (Å²) in [5, 5.41) is 49.1. The molecule has 1 saturated heterocycles. The number of aliphatic hydroxyl groups excluding tert-OH is 4. The van der Waals surface area contributed by atoms with Crippen LogP contribution in [0.25, 0.3) is 11.0 Å². The number of aromatic hydroxyl groups is 1. The zero-order chi connectivity index (χ0) is 19.0. The zero-order valence-electron chi connectivity index (χ0n) is 13.6. The Hall–Kier alpha value is -2.37. The first-order valence-electron chi connectivity index (χ1n) is 7.68. The molecule has 5 atom stereocenters. The molecule has 0 saturated carbocycles. The molecule has 0 amide bonds. The molecule has 1 aromatic heterocycles. The van der Waals surface area contributed by atoms with E-state index < -0.39 is 48.7 Å². The van der Waals surface area contributed by atoms with Crippen LogP contribution >= 0.6 is 0 Å². The van der Waals surface area contributed by atoms with Gasteiger partial charge in [0.1, 0.15) is 35.7 Å². The number of ether oxygens (including phenoxy) is 3. The van der Waals surface area contributed by atoms with Gasteiger partial charge in [-0.15, -0.1) is 0 Å². The van der Waals surface area contributed by atoms with Crippen LogP contribution in [0.1, 0.15) is 0 Å². The molecule has 26 heavy (non-hydrogen) atoms. The van der Waals surface area contributed by atoms with Crippen molar-refractivity contribution in [1.82, 2.24) is 0 Å². The lowest BCUT2D eigenvalue weighted by atomic mass is 9.99. The van der Waals surface area contributed by atoms with Gasteiger partial charge in [-0.25, -0.2) is 4.79 Å². The first-order chi connectivity index (χ1) is 12.4. The zero-order valence-corrected chi connectivity index (χ0v) is 13.6. The lowest BCUT2D eigenvalue weighted by Crippen LogP contribution is -2.60. The van der Waals surface area contributed by atoms with Crippen LogP contribution in [0.4, 0.5) is 0 Å². The van der Waals surface area contributed by atoms with Gasteiger partial charge in [-0.2, -0.15) is 0 Å². The van der Waals surface area contributed by atoms with Gasteiger partial charge in [0.15, 0.2) is 5.75 Å². The van der Waals surface area contributed by atoms with E-state index in [1.807, 2.05) is 0 Å². The van der Waals surface area contributed by atoms with E-state index in [4.69, 9.17) is 18.6 Å². The number of hydrogen-bond acceptors (Lipinski definition) is 10. The second kappa shape index (κ2) is 7.09. The predicted molar refractivity (Wildman–Crippen MR) is 85.1 cm³/mol. The maximum atomic E-state index is 11.8. The van der Waals surface area contributed by atoms with Crippen molar-refractivity contribution >= 4 is 11.0 Å². The van der Waals surface area contributed by atoms with E-state index in [2.05, 4.69) is 0 Å². The van der Waals surface area contributed by atoms with Crippen LogP contribution in [0.15, 0.2) is 27.4 Å². The van der Waals surface area contributed by atoms with Crippen molar-refractivity contribution in [2.75, 3.05) is 13.7 Å². The molecular formula is C16H18O10. The minimum Gasteiger partial charge on any atom is -0.499 e. The number of benzene rings is 1. The van der Waals surface area contributed by atoms with E-state index in [1.54, 1.807) is 0 Å². The smallest absolute Gasteiger partial charge is 0.382 e. The lowest BCUT2D eigenvalue weighted by molar-refractivity contribution is -0.277. The standard InChI is InChI=1S/C16H18O10/c1-23-6-2-3-7-8(4-6)24-15(22)13(21)14(7)26-16-12(20)11(19)10(18)9(5-17)25-16/h2-4,9-12,16-21H,5H2,1H3/t9-,10-,11+,12+,16-/m1/s1. The third-order valence-corrected chi connectivity index (χ3v) is 4.13. The molecule has 5 N–H and O–H groups in total. The van der Waals surface area contributed by atoms with E-state index in [9.17, 15) is 30.3 Å². The summed E-state index contributed by atoms with van der Waals surface area (Å²) in [5.41, 5.74) is -1.04. The van der Waals surface area contributed by atoms with E-state index in [0.29, 0.717) is 5.75 Å². The Kier molecular flexibility index (Phi) is 5.03. The highest BCUT2D eigenvalue weighted by Crippen LogP contribution is 2.36. The average Bonchev–Trinajstić information content (AvgIpc) is 2.64. The SMILES string of the molecule is COc1ccc2c(O[C@H]3O[C@H](CO)[C@@H](O)[C@H](O)[C@@H]3O)c(O)c(=O)oc2c1. The molecule has 0 radical (unpaired) electrons. The topological polar surface area (TPSA) is 159 Å². The minimum atomic E-state index is -1.70. The van der Waals surface area contributed by atoms with Crippen molar-refractivity contribution < 1.29 is 44.2 Å². The van der Waals surface area contributed by atoms with Crippen LogP contribution in [-0.2, 0) is 4.74 Å². The third-order valence-electron chi connectivity index (χ3n) is 4.13. The summed E-state index contributed by atoms with van der Waals surface area (Å²) in [5.74, 6) is -0.812. The summed E-state index contributed by atoms with van der Waals surface area (Å²) in [4.78, 5) is 11.8. The Morgan fingerprint density at radius 3 is 2.54 bits per heavy atom. The van der Waals surface area contributed by atoms with E-state index in [0.717, 1.165) is 0 Å². The molecule has 2 aromatic rings. The van der Waals surface area contributed by atoms with E-state index >= 15 is 0 Å². The molecule has 0 bridgehead atoms. The van der Waals surface area contributed by atoms with Crippen molar-refractivity contribution in [2.45, 2.75) is 30.7 Å². The second-order valence-electron chi connectivity index (χ2n) is 5.74. The fraction of sp³-hybridized carbons (Fsp3) is 0.438. The molecule has 1 aromatic carbocycles. The predicted octanol–water partition coefficient (Wildman–Crippen LogP) is -1.31. The Morgan fingerprint density at radius 2 is 1.88 bits per heavy atom. The molecule has 142 valence electrons. The van der Waals surface area contributed by atoms with Gasteiger partial charge in [-0.3, -0.25) is 0 Å². The van der Waals surface area contributed by atoms with Crippen LogP contribution < -0.4 is 15.1 Å².